The predicted octanol–water partition coefficient (Wildman–Crippen LogP) is 1.53. The maximum Gasteiger partial charge on any atom is 0.351 e. The summed E-state index contributed by atoms with van der Waals surface area (Å²) in [6.45, 7) is 0. The third kappa shape index (κ3) is 1.77. The van der Waals surface area contributed by atoms with Crippen molar-refractivity contribution in [2.45, 2.75) is 0 Å². The predicted molar refractivity (Wildman–Crippen MR) is 83.5 cm³/mol. The number of benzene rings is 2. The van der Waals surface area contributed by atoms with Crippen molar-refractivity contribution >= 4 is 21.9 Å². The summed E-state index contributed by atoms with van der Waals surface area (Å²) in [5.74, 6) is -4.18. The summed E-state index contributed by atoms with van der Waals surface area (Å²) < 4.78 is 10.4. The lowest BCUT2D eigenvalue weighted by Crippen LogP contribution is -2.02. The lowest BCUT2D eigenvalue weighted by Gasteiger charge is -2.07. The van der Waals surface area contributed by atoms with Crippen LogP contribution in [0, 0.1) is 0 Å². The first-order valence-corrected chi connectivity index (χ1v) is 6.83. The molecule has 5 aromatic rings. The van der Waals surface area contributed by atoms with Crippen LogP contribution in [0.2, 0.25) is 0 Å². The van der Waals surface area contributed by atoms with Crippen molar-refractivity contribution in [3.05, 3.63) is 38.8 Å². The van der Waals surface area contributed by atoms with Gasteiger partial charge in [-0.2, -0.15) is 0 Å². The van der Waals surface area contributed by atoms with Crippen molar-refractivity contribution < 1.29 is 34.4 Å². The minimum absolute atomic E-state index is 0.0944. The molecule has 0 saturated carbocycles. The summed E-state index contributed by atoms with van der Waals surface area (Å²) in [7, 11) is 0. The van der Waals surface area contributed by atoms with Gasteiger partial charge < -0.3 is 34.4 Å². The Morgan fingerprint density at radius 3 is 2.08 bits per heavy atom. The number of hydrogen-bond donors (Lipinski definition) is 5. The second kappa shape index (κ2) is 4.57. The van der Waals surface area contributed by atoms with Crippen LogP contribution in [-0.4, -0.2) is 25.5 Å². The van der Waals surface area contributed by atoms with Crippen LogP contribution in [0.5, 0.6) is 28.7 Å². The fourth-order valence-corrected chi connectivity index (χ4v) is 2.65. The smallest absolute Gasteiger partial charge is 0.351 e. The molecule has 126 valence electrons. The Bertz CT molecular complexity index is 1250. The first kappa shape index (κ1) is 14.7. The molecule has 0 fully saturated rings. The Hall–Kier alpha value is -3.88. The molecular formula is C16H8O9. The van der Waals surface area contributed by atoms with E-state index >= 15 is 0 Å². The number of rotatable bonds is 1. The molecule has 3 heterocycles. The van der Waals surface area contributed by atoms with Gasteiger partial charge in [-0.15, -0.1) is 0 Å². The molecule has 0 spiro atoms. The molecule has 0 aliphatic carbocycles. The Morgan fingerprint density at radius 2 is 1.40 bits per heavy atom. The highest BCUT2D eigenvalue weighted by atomic mass is 16.4. The summed E-state index contributed by atoms with van der Waals surface area (Å²) in [5, 5.41) is 47.3. The van der Waals surface area contributed by atoms with E-state index in [1.165, 1.54) is 6.07 Å². The molecule has 2 aromatic carbocycles. The summed E-state index contributed by atoms with van der Waals surface area (Å²) in [5.41, 5.74) is -3.10. The van der Waals surface area contributed by atoms with E-state index in [1.54, 1.807) is 0 Å². The number of fused-ring (bicyclic) bond motifs is 2. The van der Waals surface area contributed by atoms with E-state index in [0.717, 1.165) is 12.1 Å². The average molecular weight is 344 g/mol. The Morgan fingerprint density at radius 1 is 0.720 bits per heavy atom. The van der Waals surface area contributed by atoms with Gasteiger partial charge in [-0.25, -0.2) is 4.79 Å². The average Bonchev–Trinajstić information content (AvgIpc) is 2.77. The second-order valence-corrected chi connectivity index (χ2v) is 5.31. The van der Waals surface area contributed by atoms with Crippen LogP contribution in [0.15, 0.2) is 36.6 Å². The van der Waals surface area contributed by atoms with Gasteiger partial charge in [0.05, 0.1) is 0 Å². The molecule has 5 rings (SSSR count). The number of hydrogen-bond acceptors (Lipinski definition) is 9. The molecule has 0 saturated heterocycles. The molecule has 0 aliphatic heterocycles. The summed E-state index contributed by atoms with van der Waals surface area (Å²) in [6.07, 6.45) is 0. The van der Waals surface area contributed by atoms with Crippen molar-refractivity contribution in [3.8, 4) is 40.1 Å². The molecular weight excluding hydrogens is 336 g/mol. The van der Waals surface area contributed by atoms with E-state index in [4.69, 9.17) is 8.83 Å². The van der Waals surface area contributed by atoms with Gasteiger partial charge in [-0.3, -0.25) is 4.79 Å². The van der Waals surface area contributed by atoms with E-state index in [0.29, 0.717) is 0 Å². The van der Waals surface area contributed by atoms with Crippen molar-refractivity contribution in [1.29, 1.82) is 0 Å². The van der Waals surface area contributed by atoms with Gasteiger partial charge in [0.1, 0.15) is 10.8 Å². The fraction of sp³-hybridized carbons (Fsp3) is 0. The van der Waals surface area contributed by atoms with Crippen LogP contribution < -0.4 is 11.1 Å². The second-order valence-electron chi connectivity index (χ2n) is 5.31. The first-order valence-electron chi connectivity index (χ1n) is 6.83. The van der Waals surface area contributed by atoms with Gasteiger partial charge in [0.2, 0.25) is 16.8 Å². The molecule has 25 heavy (non-hydrogen) atoms. The molecule has 3 aromatic heterocycles. The van der Waals surface area contributed by atoms with E-state index in [9.17, 15) is 35.1 Å². The van der Waals surface area contributed by atoms with Crippen molar-refractivity contribution in [2.24, 2.45) is 0 Å². The molecule has 0 aliphatic rings. The quantitative estimate of drug-likeness (QED) is 0.322. The third-order valence-corrected chi connectivity index (χ3v) is 3.86. The Labute approximate surface area is 136 Å². The largest absolute Gasteiger partial charge is 0.504 e. The standard InChI is InChI=1S/C16H8O9/c17-5-2-1-4(3-6(5)18)13-15-11(21)7-9(19)12(22)10(20)8(14(7)24-13)16(23)25-15/h1-3,17-20,22H. The van der Waals surface area contributed by atoms with Crippen molar-refractivity contribution in [3.63, 3.8) is 0 Å². The van der Waals surface area contributed by atoms with E-state index in [2.05, 4.69) is 0 Å². The van der Waals surface area contributed by atoms with Crippen LogP contribution in [-0.2, 0) is 0 Å². The van der Waals surface area contributed by atoms with E-state index < -0.39 is 61.7 Å². The minimum atomic E-state index is -1.16. The molecule has 0 amide bonds. The number of phenols is 5. The van der Waals surface area contributed by atoms with E-state index in [-0.39, 0.29) is 11.3 Å². The van der Waals surface area contributed by atoms with Gasteiger partial charge in [-0.05, 0) is 18.2 Å². The third-order valence-electron chi connectivity index (χ3n) is 3.86. The van der Waals surface area contributed by atoms with E-state index in [1.807, 2.05) is 0 Å². The first-order chi connectivity index (χ1) is 11.8. The number of phenolic OH excluding ortho intramolecular Hbond substituents is 5. The molecule has 5 N–H and O–H groups in total. The summed E-state index contributed by atoms with van der Waals surface area (Å²) in [6, 6.07) is 3.49. The minimum Gasteiger partial charge on any atom is -0.504 e. The zero-order valence-electron chi connectivity index (χ0n) is 12.1. The Balaban J connectivity index is 2.28. The SMILES string of the molecule is O=c1oc2c(-c3ccc(O)c(O)c3)oc3c1c(O)c(O)c(O)c3c2=O. The fourth-order valence-electron chi connectivity index (χ4n) is 2.65. The monoisotopic (exact) mass is 344 g/mol. The molecule has 4 bridgehead atoms. The maximum absolute atomic E-state index is 12.6. The van der Waals surface area contributed by atoms with Gasteiger partial charge in [-0.1, -0.05) is 0 Å². The normalized spacial score (nSPS) is 11.5. The van der Waals surface area contributed by atoms with Gasteiger partial charge in [0, 0.05) is 5.56 Å². The van der Waals surface area contributed by atoms with Gasteiger partial charge in [0.25, 0.3) is 0 Å². The van der Waals surface area contributed by atoms with Crippen LogP contribution in [0.3, 0.4) is 0 Å². The zero-order chi connectivity index (χ0) is 18.0. The zero-order valence-corrected chi connectivity index (χ0v) is 12.1. The highest BCUT2D eigenvalue weighted by Gasteiger charge is 2.28. The van der Waals surface area contributed by atoms with Gasteiger partial charge in [0.15, 0.2) is 34.3 Å². The van der Waals surface area contributed by atoms with Crippen LogP contribution >= 0.6 is 0 Å². The molecule has 0 atom stereocenters. The lowest BCUT2D eigenvalue weighted by molar-refractivity contribution is 0.372. The molecule has 9 nitrogen and oxygen atoms in total. The van der Waals surface area contributed by atoms with Crippen LogP contribution in [0.25, 0.3) is 33.3 Å². The summed E-state index contributed by atoms with van der Waals surface area (Å²) in [4.78, 5) is 24.7. The Kier molecular flexibility index (Phi) is 2.69. The molecule has 0 unspecified atom stereocenters. The highest BCUT2D eigenvalue weighted by Crippen LogP contribution is 2.45. The van der Waals surface area contributed by atoms with Crippen LogP contribution in [0.4, 0.5) is 0 Å². The number of aromatic hydroxyl groups is 5. The van der Waals surface area contributed by atoms with Gasteiger partial charge >= 0.3 is 5.63 Å². The maximum atomic E-state index is 12.6. The topological polar surface area (TPSA) is 162 Å². The highest BCUT2D eigenvalue weighted by molar-refractivity contribution is 6.05. The van der Waals surface area contributed by atoms with Crippen molar-refractivity contribution in [1.82, 2.24) is 0 Å². The van der Waals surface area contributed by atoms with Crippen LogP contribution in [0.1, 0.15) is 0 Å². The lowest BCUT2D eigenvalue weighted by atomic mass is 10.1. The van der Waals surface area contributed by atoms with Crippen molar-refractivity contribution in [2.75, 3.05) is 0 Å². The molecule has 0 radical (unpaired) electrons. The summed E-state index contributed by atoms with van der Waals surface area (Å²) >= 11 is 0. The molecule has 9 heteroatoms.